The van der Waals surface area contributed by atoms with Gasteiger partial charge in [0.1, 0.15) is 5.82 Å². The molecule has 0 spiro atoms. The molecule has 2 aromatic rings. The Morgan fingerprint density at radius 3 is 2.41 bits per heavy atom. The van der Waals surface area contributed by atoms with Crippen LogP contribution in [-0.4, -0.2) is 26.1 Å². The molecule has 2 rings (SSSR count). The third kappa shape index (κ3) is 4.55. The van der Waals surface area contributed by atoms with Crippen molar-refractivity contribution < 1.29 is 9.18 Å². The van der Waals surface area contributed by atoms with Crippen LogP contribution in [0.3, 0.4) is 0 Å². The predicted molar refractivity (Wildman–Crippen MR) is 82.2 cm³/mol. The van der Waals surface area contributed by atoms with Gasteiger partial charge in [-0.1, -0.05) is 23.9 Å². The Kier molecular flexibility index (Phi) is 5.10. The van der Waals surface area contributed by atoms with Gasteiger partial charge in [-0.15, -0.1) is 0 Å². The molecule has 0 aliphatic heterocycles. The van der Waals surface area contributed by atoms with Crippen molar-refractivity contribution in [2.24, 2.45) is 0 Å². The Balaban J connectivity index is 1.90. The third-order valence-electron chi connectivity index (χ3n) is 2.68. The number of nitrogens with zero attached hydrogens (tertiary/aromatic N) is 3. The number of aromatic nitrogens is 3. The van der Waals surface area contributed by atoms with Crippen molar-refractivity contribution in [2.75, 3.05) is 11.5 Å². The highest BCUT2D eigenvalue weighted by Gasteiger charge is 2.16. The minimum absolute atomic E-state index is 0.00826. The summed E-state index contributed by atoms with van der Waals surface area (Å²) < 4.78 is 12.8. The molecule has 0 unspecified atom stereocenters. The molecule has 7 nitrogen and oxygen atoms in total. The van der Waals surface area contributed by atoms with Crippen LogP contribution in [0.2, 0.25) is 0 Å². The number of carbonyl (C=O) groups is 1. The molecular weight excluding hydrogens is 307 g/mol. The second-order valence-corrected chi connectivity index (χ2v) is 5.75. The average Bonchev–Trinajstić information content (AvgIpc) is 2.45. The number of hydrogen-bond donors (Lipinski definition) is 3. The Bertz CT molecular complexity index is 646. The zero-order valence-electron chi connectivity index (χ0n) is 11.8. The molecule has 0 aliphatic rings. The van der Waals surface area contributed by atoms with Crippen LogP contribution in [0.25, 0.3) is 0 Å². The van der Waals surface area contributed by atoms with Crippen LogP contribution < -0.4 is 16.8 Å². The maximum atomic E-state index is 12.8. The van der Waals surface area contributed by atoms with E-state index in [-0.39, 0.29) is 28.8 Å². The second kappa shape index (κ2) is 7.03. The molecule has 0 saturated heterocycles. The Hall–Kier alpha value is -2.42. The van der Waals surface area contributed by atoms with Crippen molar-refractivity contribution >= 4 is 29.6 Å². The fourth-order valence-corrected chi connectivity index (χ4v) is 2.39. The number of hydrogen-bond acceptors (Lipinski definition) is 7. The first-order valence-electron chi connectivity index (χ1n) is 6.40. The summed E-state index contributed by atoms with van der Waals surface area (Å²) in [6.07, 6.45) is 0. The van der Waals surface area contributed by atoms with Gasteiger partial charge in [0.25, 0.3) is 0 Å². The SMILES string of the molecule is C[C@@H](Sc1nc(N)nc(N)n1)C(=O)NCc1ccc(F)cc1. The highest BCUT2D eigenvalue weighted by atomic mass is 32.2. The van der Waals surface area contributed by atoms with E-state index in [9.17, 15) is 9.18 Å². The lowest BCUT2D eigenvalue weighted by molar-refractivity contribution is -0.120. The number of amides is 1. The number of nitrogen functional groups attached to an aromatic ring is 2. The molecule has 0 saturated carbocycles. The van der Waals surface area contributed by atoms with Gasteiger partial charge in [0, 0.05) is 6.54 Å². The monoisotopic (exact) mass is 322 g/mol. The van der Waals surface area contributed by atoms with Crippen LogP contribution in [0.5, 0.6) is 0 Å². The molecule has 1 atom stereocenters. The summed E-state index contributed by atoms with van der Waals surface area (Å²) in [5.41, 5.74) is 11.7. The summed E-state index contributed by atoms with van der Waals surface area (Å²) in [6.45, 7) is 2.02. The summed E-state index contributed by atoms with van der Waals surface area (Å²) in [6, 6.07) is 5.91. The van der Waals surface area contributed by atoms with Crippen LogP contribution in [-0.2, 0) is 11.3 Å². The van der Waals surface area contributed by atoms with Crippen LogP contribution in [0.1, 0.15) is 12.5 Å². The smallest absolute Gasteiger partial charge is 0.233 e. The number of rotatable bonds is 5. The first-order chi connectivity index (χ1) is 10.4. The molecule has 22 heavy (non-hydrogen) atoms. The number of halogens is 1. The number of anilines is 2. The van der Waals surface area contributed by atoms with E-state index in [1.807, 2.05) is 0 Å². The molecule has 116 valence electrons. The normalized spacial score (nSPS) is 11.9. The summed E-state index contributed by atoms with van der Waals surface area (Å²) in [5, 5.41) is 2.60. The van der Waals surface area contributed by atoms with Gasteiger partial charge in [-0.05, 0) is 24.6 Å². The average molecular weight is 322 g/mol. The van der Waals surface area contributed by atoms with Crippen molar-refractivity contribution in [3.8, 4) is 0 Å². The van der Waals surface area contributed by atoms with Gasteiger partial charge in [0.15, 0.2) is 5.16 Å². The molecule has 0 aliphatic carbocycles. The lowest BCUT2D eigenvalue weighted by atomic mass is 10.2. The molecule has 5 N–H and O–H groups in total. The first kappa shape index (κ1) is 16.0. The van der Waals surface area contributed by atoms with E-state index in [2.05, 4.69) is 20.3 Å². The summed E-state index contributed by atoms with van der Waals surface area (Å²) in [4.78, 5) is 23.5. The fraction of sp³-hybridized carbons (Fsp3) is 0.231. The second-order valence-electron chi connectivity index (χ2n) is 4.44. The van der Waals surface area contributed by atoms with Crippen molar-refractivity contribution in [3.05, 3.63) is 35.6 Å². The number of nitrogens with one attached hydrogen (secondary N) is 1. The Morgan fingerprint density at radius 2 is 1.82 bits per heavy atom. The molecule has 9 heteroatoms. The van der Waals surface area contributed by atoms with E-state index in [0.717, 1.165) is 17.3 Å². The van der Waals surface area contributed by atoms with E-state index < -0.39 is 5.25 Å². The maximum absolute atomic E-state index is 12.8. The van der Waals surface area contributed by atoms with Gasteiger partial charge in [0.2, 0.25) is 17.8 Å². The first-order valence-corrected chi connectivity index (χ1v) is 7.28. The standard InChI is InChI=1S/C13H15FN6OS/c1-7(22-13-19-11(15)18-12(16)20-13)10(21)17-6-8-2-4-9(14)5-3-8/h2-5,7H,6H2,1H3,(H,17,21)(H4,15,16,18,19,20)/t7-/m1/s1. The Labute approximate surface area is 130 Å². The van der Waals surface area contributed by atoms with Crippen LogP contribution in [0, 0.1) is 5.82 Å². The summed E-state index contributed by atoms with van der Waals surface area (Å²) >= 11 is 1.12. The molecule has 1 aromatic carbocycles. The van der Waals surface area contributed by atoms with Gasteiger partial charge >= 0.3 is 0 Å². The quantitative estimate of drug-likeness (QED) is 0.702. The molecule has 0 bridgehead atoms. The van der Waals surface area contributed by atoms with E-state index >= 15 is 0 Å². The lowest BCUT2D eigenvalue weighted by Gasteiger charge is -2.11. The van der Waals surface area contributed by atoms with Gasteiger partial charge in [-0.3, -0.25) is 4.79 Å². The van der Waals surface area contributed by atoms with Gasteiger partial charge in [-0.25, -0.2) is 4.39 Å². The zero-order chi connectivity index (χ0) is 16.1. The number of nitrogens with two attached hydrogens (primary N) is 2. The predicted octanol–water partition coefficient (Wildman–Crippen LogP) is 0.972. The van der Waals surface area contributed by atoms with E-state index in [0.29, 0.717) is 6.54 Å². The summed E-state index contributed by atoms with van der Waals surface area (Å²) in [7, 11) is 0. The fourth-order valence-electron chi connectivity index (χ4n) is 1.59. The van der Waals surface area contributed by atoms with Crippen LogP contribution in [0.4, 0.5) is 16.3 Å². The lowest BCUT2D eigenvalue weighted by Crippen LogP contribution is -2.30. The molecule has 1 aromatic heterocycles. The highest BCUT2D eigenvalue weighted by molar-refractivity contribution is 8.00. The minimum Gasteiger partial charge on any atom is -0.368 e. The van der Waals surface area contributed by atoms with Crippen molar-refractivity contribution in [3.63, 3.8) is 0 Å². The molecule has 1 heterocycles. The topological polar surface area (TPSA) is 120 Å². The molecule has 1 amide bonds. The number of carbonyl (C=O) groups excluding carboxylic acids is 1. The van der Waals surface area contributed by atoms with Crippen LogP contribution in [0.15, 0.2) is 29.4 Å². The maximum Gasteiger partial charge on any atom is 0.233 e. The van der Waals surface area contributed by atoms with Gasteiger partial charge in [-0.2, -0.15) is 15.0 Å². The van der Waals surface area contributed by atoms with Crippen molar-refractivity contribution in [1.29, 1.82) is 0 Å². The summed E-state index contributed by atoms with van der Waals surface area (Å²) in [5.74, 6) is -0.501. The van der Waals surface area contributed by atoms with E-state index in [1.54, 1.807) is 19.1 Å². The van der Waals surface area contributed by atoms with Gasteiger partial charge in [0.05, 0.1) is 5.25 Å². The third-order valence-corrected chi connectivity index (χ3v) is 3.64. The number of thioether (sulfide) groups is 1. The van der Waals surface area contributed by atoms with Crippen molar-refractivity contribution in [2.45, 2.75) is 23.9 Å². The van der Waals surface area contributed by atoms with Crippen molar-refractivity contribution in [1.82, 2.24) is 20.3 Å². The minimum atomic E-state index is -0.443. The van der Waals surface area contributed by atoms with E-state index in [1.165, 1.54) is 12.1 Å². The highest BCUT2D eigenvalue weighted by Crippen LogP contribution is 2.20. The molecular formula is C13H15FN6OS. The van der Waals surface area contributed by atoms with Crippen LogP contribution >= 0.6 is 11.8 Å². The Morgan fingerprint density at radius 1 is 1.23 bits per heavy atom. The molecule has 0 radical (unpaired) electrons. The zero-order valence-corrected chi connectivity index (χ0v) is 12.6. The van der Waals surface area contributed by atoms with E-state index in [4.69, 9.17) is 11.5 Å². The molecule has 0 fully saturated rings. The van der Waals surface area contributed by atoms with Gasteiger partial charge < -0.3 is 16.8 Å². The number of benzene rings is 1. The largest absolute Gasteiger partial charge is 0.368 e.